The predicted octanol–water partition coefficient (Wildman–Crippen LogP) is 5.01. The van der Waals surface area contributed by atoms with Crippen LogP contribution in [0.2, 0.25) is 0 Å². The molecule has 0 amide bonds. The van der Waals surface area contributed by atoms with E-state index in [-0.39, 0.29) is 6.54 Å². The van der Waals surface area contributed by atoms with Crippen molar-refractivity contribution in [3.63, 3.8) is 0 Å². The maximum absolute atomic E-state index is 13.1. The smallest absolute Gasteiger partial charge is 0.386 e. The molecule has 4 heterocycles. The summed E-state index contributed by atoms with van der Waals surface area (Å²) in [5.41, 5.74) is 8.16. The molecule has 0 radical (unpaired) electrons. The molecule has 9 bridgehead atoms. The molecule has 8 nitrogen and oxygen atoms in total. The lowest BCUT2D eigenvalue weighted by molar-refractivity contribution is 0.274. The molecule has 7 rings (SSSR count). The second-order valence-corrected chi connectivity index (χ2v) is 11.5. The average molecular weight is 519 g/mol. The molecule has 9 heteroatoms. The van der Waals surface area contributed by atoms with Crippen LogP contribution in [0.4, 0.5) is 0 Å². The molecule has 192 valence electrons. The molecule has 1 aromatic heterocycles. The van der Waals surface area contributed by atoms with Gasteiger partial charge in [-0.25, -0.2) is 4.68 Å². The van der Waals surface area contributed by atoms with Crippen molar-refractivity contribution in [2.75, 3.05) is 6.61 Å². The zero-order chi connectivity index (χ0) is 25.7. The van der Waals surface area contributed by atoms with Crippen molar-refractivity contribution in [2.45, 2.75) is 59.2 Å². The van der Waals surface area contributed by atoms with Gasteiger partial charge in [-0.05, 0) is 92.1 Å². The van der Waals surface area contributed by atoms with Gasteiger partial charge in [0.2, 0.25) is 0 Å². The minimum atomic E-state index is -3.95. The second-order valence-electron chi connectivity index (χ2n) is 9.99. The van der Waals surface area contributed by atoms with Gasteiger partial charge in [-0.3, -0.25) is 0 Å². The molecule has 0 aliphatic carbocycles. The van der Waals surface area contributed by atoms with Gasteiger partial charge in [0.1, 0.15) is 17.0 Å². The molecule has 37 heavy (non-hydrogen) atoms. The van der Waals surface area contributed by atoms with Crippen molar-refractivity contribution in [1.82, 2.24) is 19.3 Å². The zero-order valence-corrected chi connectivity index (χ0v) is 22.1. The van der Waals surface area contributed by atoms with Crippen LogP contribution < -0.4 is 8.92 Å². The Balaban J connectivity index is 1.44. The van der Waals surface area contributed by atoms with E-state index >= 15 is 0 Å². The van der Waals surface area contributed by atoms with Gasteiger partial charge in [-0.2, -0.15) is 12.7 Å². The summed E-state index contributed by atoms with van der Waals surface area (Å²) in [6.45, 7) is 7.57. The summed E-state index contributed by atoms with van der Waals surface area (Å²) in [5.74, 6) is 1.06. The molecule has 3 aliphatic rings. The fourth-order valence-corrected chi connectivity index (χ4v) is 6.62. The van der Waals surface area contributed by atoms with Crippen LogP contribution in [0.1, 0.15) is 59.2 Å². The van der Waals surface area contributed by atoms with Gasteiger partial charge >= 0.3 is 10.3 Å². The summed E-state index contributed by atoms with van der Waals surface area (Å²) in [6.07, 6.45) is 2.49. The lowest BCUT2D eigenvalue weighted by Crippen LogP contribution is -2.39. The normalized spacial score (nSPS) is 21.1. The molecular weight excluding hydrogens is 488 g/mol. The van der Waals surface area contributed by atoms with Crippen molar-refractivity contribution < 1.29 is 17.3 Å². The number of hydrogen-bond donors (Lipinski definition) is 0. The minimum Gasteiger partial charge on any atom is -0.494 e. The maximum atomic E-state index is 13.1. The molecule has 2 atom stereocenters. The topological polar surface area (TPSA) is 86.5 Å². The maximum Gasteiger partial charge on any atom is 0.386 e. The average Bonchev–Trinajstić information content (AvgIpc) is 3.28. The highest BCUT2D eigenvalue weighted by Crippen LogP contribution is 2.38. The number of aryl methyl sites for hydroxylation is 3. The first-order valence-electron chi connectivity index (χ1n) is 12.7. The van der Waals surface area contributed by atoms with Crippen LogP contribution in [0.15, 0.2) is 48.5 Å². The van der Waals surface area contributed by atoms with Crippen molar-refractivity contribution in [2.24, 2.45) is 0 Å². The summed E-state index contributed by atoms with van der Waals surface area (Å²) in [5, 5.41) is 8.90. The van der Waals surface area contributed by atoms with E-state index in [2.05, 4.69) is 47.6 Å². The Hall–Kier alpha value is -3.43. The lowest BCUT2D eigenvalue weighted by atomic mass is 9.94. The summed E-state index contributed by atoms with van der Waals surface area (Å²) in [7, 11) is -3.95. The number of rotatable bonds is 0. The fraction of sp³-hybridized carbons (Fsp3) is 0.357. The molecule has 4 aromatic rings. The number of nitrogens with zero attached hydrogens (tertiary/aromatic N) is 4. The van der Waals surface area contributed by atoms with Crippen molar-refractivity contribution in [3.8, 4) is 11.5 Å². The van der Waals surface area contributed by atoms with E-state index in [4.69, 9.17) is 8.92 Å². The van der Waals surface area contributed by atoms with Gasteiger partial charge in [0, 0.05) is 18.7 Å². The third-order valence-corrected chi connectivity index (χ3v) is 8.96. The highest BCUT2D eigenvalue weighted by Gasteiger charge is 2.36. The lowest BCUT2D eigenvalue weighted by Gasteiger charge is -2.33. The van der Waals surface area contributed by atoms with Gasteiger partial charge in [0.25, 0.3) is 0 Å². The first kappa shape index (κ1) is 23.9. The number of aromatic nitrogens is 3. The number of hydrogen-bond acceptors (Lipinski definition) is 6. The third-order valence-electron chi connectivity index (χ3n) is 7.55. The summed E-state index contributed by atoms with van der Waals surface area (Å²) in [6, 6.07) is 15.5. The Morgan fingerprint density at radius 2 is 1.86 bits per heavy atom. The number of benzene rings is 3. The first-order chi connectivity index (χ1) is 17.8. The van der Waals surface area contributed by atoms with Crippen LogP contribution in [0.25, 0.3) is 11.0 Å². The predicted molar refractivity (Wildman–Crippen MR) is 141 cm³/mol. The van der Waals surface area contributed by atoms with Gasteiger partial charge in [0.15, 0.2) is 0 Å². The Labute approximate surface area is 217 Å². The summed E-state index contributed by atoms with van der Waals surface area (Å²) >= 11 is 0. The van der Waals surface area contributed by atoms with Gasteiger partial charge in [-0.15, -0.1) is 5.10 Å². The molecule has 2 unspecified atom stereocenters. The van der Waals surface area contributed by atoms with Crippen LogP contribution in [0.3, 0.4) is 0 Å². The van der Waals surface area contributed by atoms with E-state index in [0.717, 1.165) is 64.7 Å². The molecule has 3 aliphatic heterocycles. The van der Waals surface area contributed by atoms with Crippen LogP contribution in [0, 0.1) is 13.8 Å². The largest absolute Gasteiger partial charge is 0.494 e. The first-order valence-corrected chi connectivity index (χ1v) is 14.0. The fourth-order valence-electron chi connectivity index (χ4n) is 5.33. The Kier molecular flexibility index (Phi) is 5.92. The van der Waals surface area contributed by atoms with E-state index in [1.54, 1.807) is 12.1 Å². The Bertz CT molecular complexity index is 1610. The highest BCUT2D eigenvalue weighted by molar-refractivity contribution is 7.84. The highest BCUT2D eigenvalue weighted by atomic mass is 32.2. The summed E-state index contributed by atoms with van der Waals surface area (Å²) < 4.78 is 41.2. The number of ether oxygens (including phenoxy) is 1. The molecule has 0 N–H and O–H groups in total. The van der Waals surface area contributed by atoms with E-state index in [1.807, 2.05) is 24.6 Å². The molecule has 0 spiro atoms. The second kappa shape index (κ2) is 9.15. The third kappa shape index (κ3) is 4.36. The number of fused-ring (bicyclic) bond motifs is 5. The monoisotopic (exact) mass is 518 g/mol. The van der Waals surface area contributed by atoms with E-state index in [9.17, 15) is 8.42 Å². The molecule has 0 saturated heterocycles. The van der Waals surface area contributed by atoms with Crippen molar-refractivity contribution >= 4 is 21.3 Å². The molecule has 0 saturated carbocycles. The van der Waals surface area contributed by atoms with Crippen LogP contribution >= 0.6 is 0 Å². The minimum absolute atomic E-state index is 0.224. The standard InChI is InChI=1S/C28H30N4O4S/c1-18-6-7-21-14-22-8-10-26-28(19(22)2)29-30-31(26)12-4-5-13-35-24-9-11-27-23(16-24)17-32(37(33,34)36-27)20(3)25(18)15-21/h6-11,15-16,20H,4-5,12-14,17H2,1-3H3. The van der Waals surface area contributed by atoms with Gasteiger partial charge in [-0.1, -0.05) is 29.5 Å². The molecule has 0 fully saturated rings. The van der Waals surface area contributed by atoms with Crippen molar-refractivity contribution in [1.29, 1.82) is 0 Å². The van der Waals surface area contributed by atoms with Gasteiger partial charge in [0.05, 0.1) is 18.2 Å². The van der Waals surface area contributed by atoms with Gasteiger partial charge < -0.3 is 8.92 Å². The van der Waals surface area contributed by atoms with Crippen molar-refractivity contribution in [3.05, 3.63) is 81.9 Å². The van der Waals surface area contributed by atoms with E-state index in [1.165, 1.54) is 9.87 Å². The molecule has 3 aromatic carbocycles. The SMILES string of the molecule is Cc1ccc2cc1C(C)N1Cc3cc(ccc3OS1(=O)=O)OCCCCn1nnc3c(C)c(ccc31)C2. The van der Waals surface area contributed by atoms with E-state index in [0.29, 0.717) is 18.1 Å². The molecular formula is C28H30N4O4S. The van der Waals surface area contributed by atoms with Crippen LogP contribution in [-0.4, -0.2) is 34.3 Å². The summed E-state index contributed by atoms with van der Waals surface area (Å²) in [4.78, 5) is 0. The Morgan fingerprint density at radius 1 is 1.00 bits per heavy atom. The quantitative estimate of drug-likeness (QED) is 0.325. The van der Waals surface area contributed by atoms with Crippen LogP contribution in [-0.2, 0) is 29.8 Å². The van der Waals surface area contributed by atoms with Crippen LogP contribution in [0.5, 0.6) is 11.5 Å². The Morgan fingerprint density at radius 3 is 2.73 bits per heavy atom. The van der Waals surface area contributed by atoms with E-state index < -0.39 is 16.3 Å². The zero-order valence-electron chi connectivity index (χ0n) is 21.3.